The van der Waals surface area contributed by atoms with Gasteiger partial charge in [-0.2, -0.15) is 0 Å². The topological polar surface area (TPSA) is 130 Å². The zero-order chi connectivity index (χ0) is 18.4. The predicted molar refractivity (Wildman–Crippen MR) is 91.3 cm³/mol. The second-order valence-electron chi connectivity index (χ2n) is 5.07. The number of carbonyl (C=O) groups excluding carboxylic acids is 2. The monoisotopic (exact) mass is 344 g/mol. The van der Waals surface area contributed by atoms with Crippen molar-refractivity contribution >= 4 is 23.3 Å². The molecular weight excluding hydrogens is 324 g/mol. The van der Waals surface area contributed by atoms with Gasteiger partial charge >= 0.3 is 11.9 Å². The summed E-state index contributed by atoms with van der Waals surface area (Å²) in [6, 6.07) is 6.21. The lowest BCUT2D eigenvalue weighted by atomic mass is 9.78. The van der Waals surface area contributed by atoms with Crippen LogP contribution in [0.5, 0.6) is 0 Å². The number of pyridine rings is 2. The molecule has 0 unspecified atom stereocenters. The molecule has 0 spiro atoms. The highest BCUT2D eigenvalue weighted by Crippen LogP contribution is 2.38. The Balaban J connectivity index is 2.89. The number of nitrogen functional groups attached to an aromatic ring is 2. The van der Waals surface area contributed by atoms with E-state index < -0.39 is 17.4 Å². The lowest BCUT2D eigenvalue weighted by Crippen LogP contribution is -2.49. The van der Waals surface area contributed by atoms with Crippen molar-refractivity contribution in [1.29, 1.82) is 0 Å². The minimum Gasteiger partial charge on any atom is -0.465 e. The quantitative estimate of drug-likeness (QED) is 0.587. The van der Waals surface area contributed by atoms with Crippen molar-refractivity contribution in [3.8, 4) is 0 Å². The van der Waals surface area contributed by atoms with E-state index in [1.165, 1.54) is 24.5 Å². The van der Waals surface area contributed by atoms with Gasteiger partial charge in [0.05, 0.1) is 36.0 Å². The summed E-state index contributed by atoms with van der Waals surface area (Å²) in [5, 5.41) is 0. The Bertz CT molecular complexity index is 713. The second kappa shape index (κ2) is 7.61. The third-order valence-electron chi connectivity index (χ3n) is 3.55. The van der Waals surface area contributed by atoms with Gasteiger partial charge in [-0.15, -0.1) is 0 Å². The number of anilines is 2. The molecule has 0 fully saturated rings. The molecule has 8 nitrogen and oxygen atoms in total. The minimum absolute atomic E-state index is 0.0303. The van der Waals surface area contributed by atoms with Crippen LogP contribution in [-0.4, -0.2) is 35.1 Å². The molecule has 0 saturated carbocycles. The van der Waals surface area contributed by atoms with Crippen molar-refractivity contribution in [2.24, 2.45) is 0 Å². The zero-order valence-electron chi connectivity index (χ0n) is 14.1. The van der Waals surface area contributed by atoms with E-state index >= 15 is 0 Å². The maximum atomic E-state index is 13.0. The number of nitrogens with zero attached hydrogens (tertiary/aromatic N) is 2. The molecular formula is C17H20N4O4. The number of nitrogens with two attached hydrogens (primary N) is 2. The number of carbonyl (C=O) groups is 2. The zero-order valence-corrected chi connectivity index (χ0v) is 14.1. The maximum absolute atomic E-state index is 13.0. The molecule has 0 bridgehead atoms. The third-order valence-corrected chi connectivity index (χ3v) is 3.55. The van der Waals surface area contributed by atoms with Crippen molar-refractivity contribution in [2.75, 3.05) is 24.7 Å². The van der Waals surface area contributed by atoms with Crippen LogP contribution < -0.4 is 11.5 Å². The lowest BCUT2D eigenvalue weighted by Gasteiger charge is -2.29. The first-order valence-electron chi connectivity index (χ1n) is 7.76. The number of hydrogen-bond acceptors (Lipinski definition) is 8. The summed E-state index contributed by atoms with van der Waals surface area (Å²) in [7, 11) is 0. The summed E-state index contributed by atoms with van der Waals surface area (Å²) in [6.45, 7) is 3.33. The number of aromatic nitrogens is 2. The summed E-state index contributed by atoms with van der Waals surface area (Å²) in [5.74, 6) is -1.80. The van der Waals surface area contributed by atoms with Crippen LogP contribution in [0, 0.1) is 0 Å². The van der Waals surface area contributed by atoms with Crippen LogP contribution in [-0.2, 0) is 24.5 Å². The molecule has 4 N–H and O–H groups in total. The Kier molecular flexibility index (Phi) is 5.53. The Morgan fingerprint density at radius 2 is 1.32 bits per heavy atom. The maximum Gasteiger partial charge on any atom is 0.336 e. The third kappa shape index (κ3) is 3.10. The van der Waals surface area contributed by atoms with Gasteiger partial charge in [0, 0.05) is 12.4 Å². The SMILES string of the molecule is CCOC(=O)C(C(=O)OCC)(c1ncccc1N)c1ncccc1N. The fourth-order valence-electron chi connectivity index (χ4n) is 2.52. The van der Waals surface area contributed by atoms with Gasteiger partial charge in [0.1, 0.15) is 0 Å². The first-order chi connectivity index (χ1) is 12.0. The molecule has 0 atom stereocenters. The van der Waals surface area contributed by atoms with Crippen molar-refractivity contribution in [3.63, 3.8) is 0 Å². The fraction of sp³-hybridized carbons (Fsp3) is 0.294. The van der Waals surface area contributed by atoms with E-state index in [9.17, 15) is 9.59 Å². The summed E-state index contributed by atoms with van der Waals surface area (Å²) in [5.41, 5.74) is 10.1. The van der Waals surface area contributed by atoms with Gasteiger partial charge in [-0.1, -0.05) is 0 Å². The molecule has 2 aromatic heterocycles. The van der Waals surface area contributed by atoms with Gasteiger partial charge in [-0.25, -0.2) is 9.59 Å². The van der Waals surface area contributed by atoms with E-state index in [0.29, 0.717) is 0 Å². The van der Waals surface area contributed by atoms with Crippen LogP contribution in [0.1, 0.15) is 25.2 Å². The molecule has 0 aliphatic rings. The molecule has 2 rings (SSSR count). The van der Waals surface area contributed by atoms with Crippen molar-refractivity contribution < 1.29 is 19.1 Å². The van der Waals surface area contributed by atoms with Crippen LogP contribution in [0.4, 0.5) is 11.4 Å². The molecule has 0 radical (unpaired) electrons. The van der Waals surface area contributed by atoms with E-state index in [1.807, 2.05) is 0 Å². The van der Waals surface area contributed by atoms with E-state index in [0.717, 1.165) is 0 Å². The highest BCUT2D eigenvalue weighted by atomic mass is 16.6. The van der Waals surface area contributed by atoms with Crippen molar-refractivity contribution in [3.05, 3.63) is 48.0 Å². The Morgan fingerprint density at radius 3 is 1.64 bits per heavy atom. The first kappa shape index (κ1) is 18.2. The first-order valence-corrected chi connectivity index (χ1v) is 7.76. The van der Waals surface area contributed by atoms with E-state index in [4.69, 9.17) is 20.9 Å². The van der Waals surface area contributed by atoms with E-state index in [2.05, 4.69) is 9.97 Å². The molecule has 8 heteroatoms. The van der Waals surface area contributed by atoms with Crippen LogP contribution in [0.2, 0.25) is 0 Å². The molecule has 25 heavy (non-hydrogen) atoms. The van der Waals surface area contributed by atoms with Gasteiger partial charge in [0.25, 0.3) is 5.41 Å². The van der Waals surface area contributed by atoms with E-state index in [-0.39, 0.29) is 36.0 Å². The molecule has 0 aliphatic heterocycles. The van der Waals surface area contributed by atoms with E-state index in [1.54, 1.807) is 26.0 Å². The van der Waals surface area contributed by atoms with Crippen LogP contribution >= 0.6 is 0 Å². The molecule has 2 aromatic rings. The molecule has 0 aromatic carbocycles. The average molecular weight is 344 g/mol. The summed E-state index contributed by atoms with van der Waals surface area (Å²) in [4.78, 5) is 34.3. The number of esters is 2. The average Bonchev–Trinajstić information content (AvgIpc) is 2.59. The molecule has 2 heterocycles. The molecule has 0 saturated heterocycles. The predicted octanol–water partition coefficient (Wildman–Crippen LogP) is 1.05. The van der Waals surface area contributed by atoms with Crippen LogP contribution in [0.3, 0.4) is 0 Å². The summed E-state index contributed by atoms with van der Waals surface area (Å²) in [6.07, 6.45) is 2.83. The van der Waals surface area contributed by atoms with Gasteiger partial charge in [0.15, 0.2) is 0 Å². The van der Waals surface area contributed by atoms with Crippen molar-refractivity contribution in [1.82, 2.24) is 9.97 Å². The van der Waals surface area contributed by atoms with Crippen LogP contribution in [0.25, 0.3) is 0 Å². The standard InChI is InChI=1S/C17H20N4O4/c1-3-24-15(22)17(16(23)25-4-2,13-11(18)7-5-9-20-13)14-12(19)8-6-10-21-14/h5-10H,3-4,18-19H2,1-2H3. The smallest absolute Gasteiger partial charge is 0.336 e. The van der Waals surface area contributed by atoms with Gasteiger partial charge < -0.3 is 20.9 Å². The van der Waals surface area contributed by atoms with Gasteiger partial charge in [-0.05, 0) is 38.1 Å². The lowest BCUT2D eigenvalue weighted by molar-refractivity contribution is -0.162. The number of rotatable bonds is 6. The molecule has 132 valence electrons. The fourth-order valence-corrected chi connectivity index (χ4v) is 2.52. The van der Waals surface area contributed by atoms with Gasteiger partial charge in [0.2, 0.25) is 0 Å². The molecule has 0 amide bonds. The summed E-state index contributed by atoms with van der Waals surface area (Å²) >= 11 is 0. The summed E-state index contributed by atoms with van der Waals surface area (Å²) < 4.78 is 10.3. The normalized spacial score (nSPS) is 11.0. The largest absolute Gasteiger partial charge is 0.465 e. The Morgan fingerprint density at radius 1 is 0.920 bits per heavy atom. The second-order valence-corrected chi connectivity index (χ2v) is 5.07. The minimum atomic E-state index is -2.11. The number of ether oxygens (including phenoxy) is 2. The van der Waals surface area contributed by atoms with Gasteiger partial charge in [-0.3, -0.25) is 9.97 Å². The molecule has 0 aliphatic carbocycles. The highest BCUT2D eigenvalue weighted by molar-refractivity contribution is 6.11. The number of hydrogen-bond donors (Lipinski definition) is 2. The Labute approximate surface area is 145 Å². The van der Waals surface area contributed by atoms with Crippen molar-refractivity contribution in [2.45, 2.75) is 19.3 Å². The van der Waals surface area contributed by atoms with Crippen LogP contribution in [0.15, 0.2) is 36.7 Å². The Hall–Kier alpha value is -3.16. The highest BCUT2D eigenvalue weighted by Gasteiger charge is 2.57.